The van der Waals surface area contributed by atoms with Crippen LogP contribution in [0, 0.1) is 6.92 Å². The van der Waals surface area contributed by atoms with Crippen molar-refractivity contribution in [2.24, 2.45) is 0 Å². The Balaban J connectivity index is 2.03. The fourth-order valence-corrected chi connectivity index (χ4v) is 3.72. The van der Waals surface area contributed by atoms with Crippen LogP contribution in [0.1, 0.15) is 30.1 Å². The van der Waals surface area contributed by atoms with E-state index >= 15 is 0 Å². The van der Waals surface area contributed by atoms with E-state index in [1.54, 1.807) is 25.3 Å². The molecule has 0 aromatic carbocycles. The molecule has 0 saturated carbocycles. The number of nitrogens with one attached hydrogen (secondary N) is 1. The van der Waals surface area contributed by atoms with Crippen LogP contribution in [0.2, 0.25) is 0 Å². The summed E-state index contributed by atoms with van der Waals surface area (Å²) < 4.78 is 28.5. The lowest BCUT2D eigenvalue weighted by Crippen LogP contribution is -2.38. The lowest BCUT2D eigenvalue weighted by molar-refractivity contribution is 0.0939. The number of carbonyl (C=O) groups excluding carboxylic acids is 1. The minimum atomic E-state index is -3.13. The van der Waals surface area contributed by atoms with Crippen molar-refractivity contribution in [1.82, 2.24) is 10.3 Å². The predicted molar refractivity (Wildman–Crippen MR) is 85.8 cm³/mol. The first kappa shape index (κ1) is 16.7. The van der Waals surface area contributed by atoms with Crippen LogP contribution in [0.3, 0.4) is 0 Å². The summed E-state index contributed by atoms with van der Waals surface area (Å²) in [5.74, 6) is 0.984. The quantitative estimate of drug-likeness (QED) is 0.870. The molecule has 1 atom stereocenters. The molecule has 0 unspecified atom stereocenters. The number of aromatic nitrogens is 1. The van der Waals surface area contributed by atoms with Gasteiger partial charge in [-0.2, -0.15) is 0 Å². The highest BCUT2D eigenvalue weighted by Gasteiger charge is 2.19. The maximum Gasteiger partial charge on any atom is 0.271 e. The number of aryl methyl sites for hydroxylation is 1. The topological polar surface area (TPSA) is 89.3 Å². The molecule has 2 heterocycles. The van der Waals surface area contributed by atoms with Gasteiger partial charge in [0.1, 0.15) is 11.5 Å². The molecule has 0 aliphatic heterocycles. The summed E-state index contributed by atoms with van der Waals surface area (Å²) in [5, 5.41) is 4.90. The summed E-state index contributed by atoms with van der Waals surface area (Å²) in [6, 6.07) is 3.16. The summed E-state index contributed by atoms with van der Waals surface area (Å²) in [7, 11) is -3.13. The van der Waals surface area contributed by atoms with Gasteiger partial charge >= 0.3 is 0 Å². The van der Waals surface area contributed by atoms with Crippen molar-refractivity contribution >= 4 is 27.1 Å². The van der Waals surface area contributed by atoms with Crippen molar-refractivity contribution in [3.05, 3.63) is 29.0 Å². The third-order valence-electron chi connectivity index (χ3n) is 3.01. The highest BCUT2D eigenvalue weighted by Crippen LogP contribution is 2.25. The number of furan rings is 1. The Hall–Kier alpha value is -1.67. The van der Waals surface area contributed by atoms with Gasteiger partial charge in [0.2, 0.25) is 0 Å². The summed E-state index contributed by atoms with van der Waals surface area (Å²) in [6.07, 6.45) is 0. The molecular formula is C14H18N2O4S2. The molecule has 0 bridgehead atoms. The van der Waals surface area contributed by atoms with Crippen molar-refractivity contribution in [3.63, 3.8) is 0 Å². The lowest BCUT2D eigenvalue weighted by Gasteiger charge is -2.12. The Bertz CT molecular complexity index is 761. The monoisotopic (exact) mass is 342 g/mol. The van der Waals surface area contributed by atoms with Gasteiger partial charge in [-0.3, -0.25) is 4.79 Å². The predicted octanol–water partition coefficient (Wildman–Crippen LogP) is 2.26. The van der Waals surface area contributed by atoms with Gasteiger partial charge in [-0.1, -0.05) is 6.92 Å². The number of amides is 1. The molecule has 2 aromatic rings. The molecule has 120 valence electrons. The fourth-order valence-electron chi connectivity index (χ4n) is 1.88. The zero-order valence-corrected chi connectivity index (χ0v) is 14.3. The molecule has 0 saturated heterocycles. The van der Waals surface area contributed by atoms with E-state index in [1.165, 1.54) is 11.3 Å². The average Bonchev–Trinajstić information content (AvgIpc) is 3.06. The Kier molecular flexibility index (Phi) is 5.02. The van der Waals surface area contributed by atoms with Crippen LogP contribution in [0.4, 0.5) is 0 Å². The maximum atomic E-state index is 12.1. The minimum Gasteiger partial charge on any atom is -0.459 e. The summed E-state index contributed by atoms with van der Waals surface area (Å²) >= 11 is 1.31. The van der Waals surface area contributed by atoms with Gasteiger partial charge in [-0.05, 0) is 26.0 Å². The van der Waals surface area contributed by atoms with E-state index in [0.717, 1.165) is 5.76 Å². The van der Waals surface area contributed by atoms with Gasteiger partial charge in [0.15, 0.2) is 20.6 Å². The van der Waals surface area contributed by atoms with Crippen molar-refractivity contribution in [2.75, 3.05) is 11.5 Å². The zero-order chi connectivity index (χ0) is 16.3. The molecule has 0 radical (unpaired) electrons. The molecule has 1 amide bonds. The van der Waals surface area contributed by atoms with Crippen molar-refractivity contribution in [1.29, 1.82) is 0 Å². The van der Waals surface area contributed by atoms with E-state index < -0.39 is 15.9 Å². The molecule has 0 fully saturated rings. The van der Waals surface area contributed by atoms with Gasteiger partial charge in [-0.25, -0.2) is 13.4 Å². The second kappa shape index (κ2) is 6.62. The molecule has 0 aliphatic rings. The standard InChI is InChI=1S/C14H18N2O4S2/c1-4-22(18,19)8-9(2)15-13(17)11-7-21-14(16-11)12-6-5-10(3)20-12/h5-7,9H,4,8H2,1-3H3,(H,15,17)/t9-/m0/s1. The summed E-state index contributed by atoms with van der Waals surface area (Å²) in [4.78, 5) is 16.3. The molecule has 0 spiro atoms. The third-order valence-corrected chi connectivity index (χ3v) is 5.75. The summed E-state index contributed by atoms with van der Waals surface area (Å²) in [5.41, 5.74) is 0.259. The van der Waals surface area contributed by atoms with Crippen LogP contribution in [0.5, 0.6) is 0 Å². The summed E-state index contributed by atoms with van der Waals surface area (Å²) in [6.45, 7) is 5.08. The van der Waals surface area contributed by atoms with Gasteiger partial charge in [0, 0.05) is 17.2 Å². The number of hydrogen-bond donors (Lipinski definition) is 1. The Morgan fingerprint density at radius 3 is 2.77 bits per heavy atom. The molecular weight excluding hydrogens is 324 g/mol. The Morgan fingerprint density at radius 2 is 2.18 bits per heavy atom. The second-order valence-electron chi connectivity index (χ2n) is 5.02. The maximum absolute atomic E-state index is 12.1. The molecule has 0 aliphatic carbocycles. The lowest BCUT2D eigenvalue weighted by atomic mass is 10.3. The number of rotatable bonds is 6. The van der Waals surface area contributed by atoms with Gasteiger partial charge in [0.05, 0.1) is 5.75 Å². The van der Waals surface area contributed by atoms with Crippen LogP contribution in [0.25, 0.3) is 10.8 Å². The van der Waals surface area contributed by atoms with Crippen molar-refractivity contribution in [3.8, 4) is 10.8 Å². The first-order valence-corrected chi connectivity index (χ1v) is 9.54. The van der Waals surface area contributed by atoms with E-state index in [9.17, 15) is 13.2 Å². The number of sulfone groups is 1. The molecule has 8 heteroatoms. The SMILES string of the molecule is CCS(=O)(=O)C[C@H](C)NC(=O)c1csc(-c2ccc(C)o2)n1. The molecule has 22 heavy (non-hydrogen) atoms. The van der Waals surface area contributed by atoms with Crippen LogP contribution in [-0.2, 0) is 9.84 Å². The number of carbonyl (C=O) groups is 1. The normalized spacial score (nSPS) is 13.0. The fraction of sp³-hybridized carbons (Fsp3) is 0.429. The van der Waals surface area contributed by atoms with Gasteiger partial charge in [0.25, 0.3) is 5.91 Å². The van der Waals surface area contributed by atoms with E-state index in [-0.39, 0.29) is 23.1 Å². The zero-order valence-electron chi connectivity index (χ0n) is 12.6. The van der Waals surface area contributed by atoms with E-state index in [4.69, 9.17) is 4.42 Å². The molecule has 2 aromatic heterocycles. The first-order valence-electron chi connectivity index (χ1n) is 6.84. The van der Waals surface area contributed by atoms with Crippen LogP contribution >= 0.6 is 11.3 Å². The Morgan fingerprint density at radius 1 is 1.45 bits per heavy atom. The average molecular weight is 342 g/mol. The Labute approximate surface area is 133 Å². The highest BCUT2D eigenvalue weighted by molar-refractivity contribution is 7.91. The van der Waals surface area contributed by atoms with Crippen molar-refractivity contribution in [2.45, 2.75) is 26.8 Å². The van der Waals surface area contributed by atoms with Crippen molar-refractivity contribution < 1.29 is 17.6 Å². The smallest absolute Gasteiger partial charge is 0.271 e. The molecule has 2 rings (SSSR count). The minimum absolute atomic E-state index is 0.0614. The van der Waals surface area contributed by atoms with E-state index in [1.807, 2.05) is 13.0 Å². The third kappa shape index (κ3) is 4.17. The number of thiazole rings is 1. The van der Waals surface area contributed by atoms with Crippen LogP contribution in [-0.4, -0.2) is 36.9 Å². The van der Waals surface area contributed by atoms with E-state index in [2.05, 4.69) is 10.3 Å². The highest BCUT2D eigenvalue weighted by atomic mass is 32.2. The van der Waals surface area contributed by atoms with E-state index in [0.29, 0.717) is 10.8 Å². The van der Waals surface area contributed by atoms with Crippen LogP contribution < -0.4 is 5.32 Å². The van der Waals surface area contributed by atoms with Gasteiger partial charge < -0.3 is 9.73 Å². The number of hydrogen-bond acceptors (Lipinski definition) is 6. The van der Waals surface area contributed by atoms with Gasteiger partial charge in [-0.15, -0.1) is 11.3 Å². The largest absolute Gasteiger partial charge is 0.459 e. The molecule has 6 nitrogen and oxygen atoms in total. The molecule has 1 N–H and O–H groups in total. The first-order chi connectivity index (χ1) is 10.3. The second-order valence-corrected chi connectivity index (χ2v) is 8.28. The number of nitrogens with zero attached hydrogens (tertiary/aromatic N) is 1. The van der Waals surface area contributed by atoms with Crippen LogP contribution in [0.15, 0.2) is 21.9 Å².